The number of halogens is 3. The molecule has 1 heterocycles. The van der Waals surface area contributed by atoms with Gasteiger partial charge < -0.3 is 5.32 Å². The number of anilines is 1. The summed E-state index contributed by atoms with van der Waals surface area (Å²) >= 11 is 5.68. The minimum Gasteiger partial charge on any atom is -0.319 e. The molecule has 21 heavy (non-hydrogen) atoms. The number of amides is 1. The van der Waals surface area contributed by atoms with Crippen molar-refractivity contribution >= 4 is 28.9 Å². The molecular weight excluding hydrogens is 308 g/mol. The highest BCUT2D eigenvalue weighted by Gasteiger charge is 2.18. The summed E-state index contributed by atoms with van der Waals surface area (Å²) in [6.45, 7) is 0. The molecule has 0 atom stereocenters. The Bertz CT molecular complexity index is 740. The molecule has 0 spiro atoms. The van der Waals surface area contributed by atoms with Gasteiger partial charge in [0.2, 0.25) is 0 Å². The number of rotatable bonds is 3. The number of carbonyl (C=O) groups excluding carboxylic acids is 1. The molecule has 108 valence electrons. The van der Waals surface area contributed by atoms with Crippen LogP contribution >= 0.6 is 11.6 Å². The van der Waals surface area contributed by atoms with Crippen molar-refractivity contribution in [2.24, 2.45) is 0 Å². The van der Waals surface area contributed by atoms with Crippen LogP contribution in [0.15, 0.2) is 30.5 Å². The number of pyridine rings is 1. The van der Waals surface area contributed by atoms with Crippen molar-refractivity contribution in [1.29, 1.82) is 0 Å². The number of hydrogen-bond acceptors (Lipinski definition) is 4. The molecule has 0 unspecified atom stereocenters. The van der Waals surface area contributed by atoms with Gasteiger partial charge in [0.25, 0.3) is 11.6 Å². The molecule has 0 aliphatic rings. The number of nitrogens with zero attached hydrogens (tertiary/aromatic N) is 2. The smallest absolute Gasteiger partial charge is 0.288 e. The molecule has 0 saturated heterocycles. The lowest BCUT2D eigenvalue weighted by Crippen LogP contribution is -2.14. The first kappa shape index (κ1) is 14.8. The van der Waals surface area contributed by atoms with Crippen molar-refractivity contribution in [2.45, 2.75) is 0 Å². The van der Waals surface area contributed by atoms with E-state index in [0.29, 0.717) is 6.07 Å². The van der Waals surface area contributed by atoms with Crippen molar-refractivity contribution in [3.63, 3.8) is 0 Å². The van der Waals surface area contributed by atoms with Crippen molar-refractivity contribution in [2.75, 3.05) is 5.32 Å². The number of benzene rings is 1. The topological polar surface area (TPSA) is 85.1 Å². The van der Waals surface area contributed by atoms with Crippen LogP contribution in [-0.4, -0.2) is 15.8 Å². The average molecular weight is 314 g/mol. The molecule has 1 aromatic carbocycles. The van der Waals surface area contributed by atoms with Gasteiger partial charge in [0.05, 0.1) is 16.2 Å². The molecular formula is C12H6ClF2N3O3. The lowest BCUT2D eigenvalue weighted by molar-refractivity contribution is -0.385. The Balaban J connectivity index is 2.32. The molecule has 0 bridgehead atoms. The third kappa shape index (κ3) is 3.29. The standard InChI is InChI=1S/C12H6ClF2N3O3/c13-11-8(4-7(5-16-11)18(20)21)12(19)17-10-2-1-6(14)3-9(10)15/h1-5H,(H,17,19). The fourth-order valence-electron chi connectivity index (χ4n) is 1.48. The number of carbonyl (C=O) groups is 1. The van der Waals surface area contributed by atoms with Crippen LogP contribution in [0.25, 0.3) is 0 Å². The molecule has 2 aromatic rings. The van der Waals surface area contributed by atoms with Crippen LogP contribution in [0.1, 0.15) is 10.4 Å². The number of hydrogen-bond donors (Lipinski definition) is 1. The van der Waals surface area contributed by atoms with E-state index in [0.717, 1.165) is 24.4 Å². The summed E-state index contributed by atoms with van der Waals surface area (Å²) in [6, 6.07) is 3.46. The maximum atomic E-state index is 13.4. The Morgan fingerprint density at radius 2 is 2.05 bits per heavy atom. The molecule has 0 radical (unpaired) electrons. The zero-order chi connectivity index (χ0) is 15.6. The lowest BCUT2D eigenvalue weighted by atomic mass is 10.2. The molecule has 0 saturated carbocycles. The van der Waals surface area contributed by atoms with E-state index in [1.54, 1.807) is 0 Å². The van der Waals surface area contributed by atoms with E-state index in [9.17, 15) is 23.7 Å². The largest absolute Gasteiger partial charge is 0.319 e. The molecule has 1 amide bonds. The highest BCUT2D eigenvalue weighted by atomic mass is 35.5. The summed E-state index contributed by atoms with van der Waals surface area (Å²) in [6.07, 6.45) is 0.886. The first-order chi connectivity index (χ1) is 9.88. The highest BCUT2D eigenvalue weighted by Crippen LogP contribution is 2.21. The average Bonchev–Trinajstić information content (AvgIpc) is 2.42. The summed E-state index contributed by atoms with van der Waals surface area (Å²) in [4.78, 5) is 25.3. The van der Waals surface area contributed by atoms with Gasteiger partial charge in [-0.2, -0.15) is 0 Å². The van der Waals surface area contributed by atoms with Crippen LogP contribution in [0, 0.1) is 21.7 Å². The predicted molar refractivity (Wildman–Crippen MR) is 70.2 cm³/mol. The van der Waals surface area contributed by atoms with Gasteiger partial charge in [0.15, 0.2) is 0 Å². The van der Waals surface area contributed by atoms with Crippen LogP contribution < -0.4 is 5.32 Å². The van der Waals surface area contributed by atoms with Gasteiger partial charge in [0, 0.05) is 12.1 Å². The van der Waals surface area contributed by atoms with E-state index in [4.69, 9.17) is 11.6 Å². The number of nitro groups is 1. The maximum Gasteiger partial charge on any atom is 0.288 e. The third-order valence-corrected chi connectivity index (χ3v) is 2.76. The first-order valence-corrected chi connectivity index (χ1v) is 5.82. The Hall–Kier alpha value is -2.61. The van der Waals surface area contributed by atoms with Gasteiger partial charge in [0.1, 0.15) is 23.0 Å². The maximum absolute atomic E-state index is 13.4. The molecule has 6 nitrogen and oxygen atoms in total. The Morgan fingerprint density at radius 3 is 2.67 bits per heavy atom. The molecule has 1 aromatic heterocycles. The van der Waals surface area contributed by atoms with Crippen molar-refractivity contribution in [3.05, 3.63) is 62.9 Å². The normalized spacial score (nSPS) is 10.2. The monoisotopic (exact) mass is 313 g/mol. The van der Waals surface area contributed by atoms with E-state index >= 15 is 0 Å². The molecule has 9 heteroatoms. The molecule has 2 rings (SSSR count). The second-order valence-electron chi connectivity index (χ2n) is 3.87. The first-order valence-electron chi connectivity index (χ1n) is 5.45. The minimum absolute atomic E-state index is 0.277. The zero-order valence-electron chi connectivity index (χ0n) is 10.1. The number of nitrogens with one attached hydrogen (secondary N) is 1. The minimum atomic E-state index is -0.988. The summed E-state index contributed by atoms with van der Waals surface area (Å²) in [7, 11) is 0. The van der Waals surface area contributed by atoms with Crippen LogP contribution in [0.4, 0.5) is 20.2 Å². The van der Waals surface area contributed by atoms with E-state index in [2.05, 4.69) is 10.3 Å². The van der Waals surface area contributed by atoms with Crippen LogP contribution in [0.5, 0.6) is 0 Å². The molecule has 0 fully saturated rings. The molecule has 0 aliphatic heterocycles. The quantitative estimate of drug-likeness (QED) is 0.536. The fourth-order valence-corrected chi connectivity index (χ4v) is 1.67. The summed E-state index contributed by atoms with van der Waals surface area (Å²) < 4.78 is 26.2. The highest BCUT2D eigenvalue weighted by molar-refractivity contribution is 6.33. The Kier molecular flexibility index (Phi) is 4.08. The second kappa shape index (κ2) is 5.80. The fraction of sp³-hybridized carbons (Fsp3) is 0. The van der Waals surface area contributed by atoms with Crippen LogP contribution in [0.2, 0.25) is 5.15 Å². The van der Waals surface area contributed by atoms with E-state index < -0.39 is 28.2 Å². The zero-order valence-corrected chi connectivity index (χ0v) is 10.9. The third-order valence-electron chi connectivity index (χ3n) is 2.46. The van der Waals surface area contributed by atoms with Crippen LogP contribution in [-0.2, 0) is 0 Å². The van der Waals surface area contributed by atoms with Crippen molar-refractivity contribution in [3.8, 4) is 0 Å². The predicted octanol–water partition coefficient (Wildman–Crippen LogP) is 3.17. The SMILES string of the molecule is O=C(Nc1ccc(F)cc1F)c1cc([N+](=O)[O-])cnc1Cl. The van der Waals surface area contributed by atoms with E-state index in [1.807, 2.05) is 0 Å². The Morgan fingerprint density at radius 1 is 1.33 bits per heavy atom. The van der Waals surface area contributed by atoms with E-state index in [1.165, 1.54) is 0 Å². The number of aromatic nitrogens is 1. The second-order valence-corrected chi connectivity index (χ2v) is 4.23. The van der Waals surface area contributed by atoms with Crippen molar-refractivity contribution < 1.29 is 18.5 Å². The van der Waals surface area contributed by atoms with Crippen LogP contribution in [0.3, 0.4) is 0 Å². The van der Waals surface area contributed by atoms with Gasteiger partial charge in [-0.05, 0) is 12.1 Å². The van der Waals surface area contributed by atoms with Gasteiger partial charge in [-0.25, -0.2) is 13.8 Å². The van der Waals surface area contributed by atoms with Gasteiger partial charge in [-0.1, -0.05) is 11.6 Å². The van der Waals surface area contributed by atoms with Gasteiger partial charge in [-0.15, -0.1) is 0 Å². The Labute approximate surface area is 121 Å². The summed E-state index contributed by atoms with van der Waals surface area (Å²) in [5.74, 6) is -2.69. The summed E-state index contributed by atoms with van der Waals surface area (Å²) in [5, 5.41) is 12.5. The van der Waals surface area contributed by atoms with Gasteiger partial charge >= 0.3 is 0 Å². The molecule has 1 N–H and O–H groups in total. The van der Waals surface area contributed by atoms with Crippen molar-refractivity contribution in [1.82, 2.24) is 4.98 Å². The summed E-state index contributed by atoms with van der Waals surface area (Å²) in [5.41, 5.74) is -1.03. The van der Waals surface area contributed by atoms with E-state index in [-0.39, 0.29) is 16.4 Å². The molecule has 0 aliphatic carbocycles. The lowest BCUT2D eigenvalue weighted by Gasteiger charge is -2.07. The van der Waals surface area contributed by atoms with Gasteiger partial charge in [-0.3, -0.25) is 14.9 Å².